The quantitative estimate of drug-likeness (QED) is 0.467. The van der Waals surface area contributed by atoms with Gasteiger partial charge in [-0.05, 0) is 6.42 Å². The van der Waals surface area contributed by atoms with Crippen LogP contribution in [0.4, 0.5) is 0 Å². The largest absolute Gasteiger partial charge is 0.379 e. The molecule has 0 aliphatic heterocycles. The molecular weight excluding hydrogens is 218 g/mol. The van der Waals surface area contributed by atoms with Crippen molar-refractivity contribution in [3.8, 4) is 0 Å². The first-order chi connectivity index (χ1) is 7.74. The zero-order valence-electron chi connectivity index (χ0n) is 9.53. The van der Waals surface area contributed by atoms with Gasteiger partial charge >= 0.3 is 0 Å². The van der Waals surface area contributed by atoms with Crippen LogP contribution in [0.25, 0.3) is 0 Å². The molecule has 2 nitrogen and oxygen atoms in total. The fourth-order valence-electron chi connectivity index (χ4n) is 1.34. The van der Waals surface area contributed by atoms with E-state index in [4.69, 9.17) is 12.2 Å². The Bertz CT molecular complexity index is 348. The summed E-state index contributed by atoms with van der Waals surface area (Å²) in [4.78, 5) is 12.4. The fraction of sp³-hybridized carbons (Fsp3) is 0.385. The van der Waals surface area contributed by atoms with Crippen molar-refractivity contribution in [3.63, 3.8) is 0 Å². The number of ketones is 1. The maximum Gasteiger partial charge on any atom is 0.169 e. The lowest BCUT2D eigenvalue weighted by Gasteiger charge is -2.06. The second-order valence-electron chi connectivity index (χ2n) is 3.67. The van der Waals surface area contributed by atoms with E-state index in [1.165, 1.54) is 0 Å². The number of thiocarbonyl (C=S) groups is 1. The van der Waals surface area contributed by atoms with Crippen LogP contribution in [0.2, 0.25) is 0 Å². The number of hydrogen-bond acceptors (Lipinski definition) is 2. The van der Waals surface area contributed by atoms with Crippen molar-refractivity contribution < 1.29 is 4.79 Å². The van der Waals surface area contributed by atoms with E-state index >= 15 is 0 Å². The van der Waals surface area contributed by atoms with Crippen LogP contribution < -0.4 is 5.32 Å². The maximum absolute atomic E-state index is 11.8. The highest BCUT2D eigenvalue weighted by Gasteiger charge is 2.07. The number of Topliss-reactive ketones (excluding diaryl/α,β-unsaturated/α-hetero) is 1. The van der Waals surface area contributed by atoms with Crippen LogP contribution in [-0.4, -0.2) is 17.3 Å². The van der Waals surface area contributed by atoms with Crippen LogP contribution in [0.5, 0.6) is 0 Å². The molecular formula is C13H17NOS. The van der Waals surface area contributed by atoms with Gasteiger partial charge in [-0.25, -0.2) is 0 Å². The number of benzene rings is 1. The summed E-state index contributed by atoms with van der Waals surface area (Å²) in [7, 11) is 0. The predicted octanol–water partition coefficient (Wildman–Crippen LogP) is 2.98. The van der Waals surface area contributed by atoms with E-state index < -0.39 is 0 Å². The summed E-state index contributed by atoms with van der Waals surface area (Å²) in [6.07, 6.45) is 2.52. The average molecular weight is 235 g/mol. The predicted molar refractivity (Wildman–Crippen MR) is 70.9 cm³/mol. The second-order valence-corrected chi connectivity index (χ2v) is 4.16. The Balaban J connectivity index is 2.37. The van der Waals surface area contributed by atoms with Gasteiger partial charge in [-0.3, -0.25) is 4.79 Å². The SMILES string of the molecule is CCCCNC(=S)CC(=O)c1ccccc1. The number of carbonyl (C=O) groups excluding carboxylic acids is 1. The van der Waals surface area contributed by atoms with Gasteiger partial charge in [-0.2, -0.15) is 0 Å². The Kier molecular flexibility index (Phi) is 5.72. The van der Waals surface area contributed by atoms with Crippen LogP contribution >= 0.6 is 12.2 Å². The van der Waals surface area contributed by atoms with Crippen LogP contribution in [0.1, 0.15) is 36.5 Å². The minimum Gasteiger partial charge on any atom is -0.379 e. The Morgan fingerprint density at radius 3 is 2.62 bits per heavy atom. The first kappa shape index (κ1) is 12.8. The van der Waals surface area contributed by atoms with Gasteiger partial charge in [-0.15, -0.1) is 0 Å². The number of unbranched alkanes of at least 4 members (excludes halogenated alkanes) is 1. The highest BCUT2D eigenvalue weighted by Crippen LogP contribution is 2.03. The lowest BCUT2D eigenvalue weighted by atomic mass is 10.1. The van der Waals surface area contributed by atoms with E-state index in [0.29, 0.717) is 11.4 Å². The second kappa shape index (κ2) is 7.12. The highest BCUT2D eigenvalue weighted by molar-refractivity contribution is 7.80. The molecule has 0 radical (unpaired) electrons. The van der Waals surface area contributed by atoms with Gasteiger partial charge in [0, 0.05) is 12.1 Å². The number of carbonyl (C=O) groups is 1. The Morgan fingerprint density at radius 2 is 2.00 bits per heavy atom. The summed E-state index contributed by atoms with van der Waals surface area (Å²) in [5.41, 5.74) is 0.724. The number of rotatable bonds is 6. The molecule has 0 aliphatic carbocycles. The molecule has 86 valence electrons. The van der Waals surface area contributed by atoms with Crippen molar-refractivity contribution in [2.45, 2.75) is 26.2 Å². The van der Waals surface area contributed by atoms with Crippen molar-refractivity contribution >= 4 is 23.0 Å². The molecule has 16 heavy (non-hydrogen) atoms. The number of nitrogens with one attached hydrogen (secondary N) is 1. The zero-order chi connectivity index (χ0) is 11.8. The van der Waals surface area contributed by atoms with Crippen LogP contribution in [0.3, 0.4) is 0 Å². The first-order valence-corrected chi connectivity index (χ1v) is 5.99. The lowest BCUT2D eigenvalue weighted by molar-refractivity contribution is 0.100. The van der Waals surface area contributed by atoms with Gasteiger partial charge in [-0.1, -0.05) is 55.9 Å². The molecule has 0 aliphatic rings. The van der Waals surface area contributed by atoms with E-state index in [1.54, 1.807) is 0 Å². The lowest BCUT2D eigenvalue weighted by Crippen LogP contribution is -2.24. The summed E-state index contributed by atoms with van der Waals surface area (Å²) < 4.78 is 0. The molecule has 0 fully saturated rings. The number of hydrogen-bond donors (Lipinski definition) is 1. The molecule has 1 rings (SSSR count). The minimum atomic E-state index is 0.0783. The van der Waals surface area contributed by atoms with Gasteiger partial charge in [0.1, 0.15) is 0 Å². The van der Waals surface area contributed by atoms with E-state index in [1.807, 2.05) is 30.3 Å². The van der Waals surface area contributed by atoms with Gasteiger partial charge < -0.3 is 5.32 Å². The molecule has 0 aromatic heterocycles. The van der Waals surface area contributed by atoms with Crippen molar-refractivity contribution in [3.05, 3.63) is 35.9 Å². The zero-order valence-corrected chi connectivity index (χ0v) is 10.3. The summed E-state index contributed by atoms with van der Waals surface area (Å²) >= 11 is 5.11. The molecule has 0 saturated heterocycles. The van der Waals surface area contributed by atoms with Crippen molar-refractivity contribution in [1.82, 2.24) is 5.32 Å². The fourth-order valence-corrected chi connectivity index (χ4v) is 1.57. The molecule has 1 aromatic rings. The summed E-state index contributed by atoms with van der Waals surface area (Å²) in [5, 5.41) is 3.09. The first-order valence-electron chi connectivity index (χ1n) is 5.59. The third-order valence-corrected chi connectivity index (χ3v) is 2.56. The summed E-state index contributed by atoms with van der Waals surface area (Å²) in [5.74, 6) is 0.0783. The summed E-state index contributed by atoms with van der Waals surface area (Å²) in [6.45, 7) is 2.98. The monoisotopic (exact) mass is 235 g/mol. The van der Waals surface area contributed by atoms with E-state index in [-0.39, 0.29) is 5.78 Å². The smallest absolute Gasteiger partial charge is 0.169 e. The van der Waals surface area contributed by atoms with Crippen LogP contribution in [0, 0.1) is 0 Å². The minimum absolute atomic E-state index is 0.0783. The van der Waals surface area contributed by atoms with Crippen molar-refractivity contribution in [1.29, 1.82) is 0 Å². The van der Waals surface area contributed by atoms with Crippen LogP contribution in [-0.2, 0) is 0 Å². The van der Waals surface area contributed by atoms with Crippen molar-refractivity contribution in [2.24, 2.45) is 0 Å². The average Bonchev–Trinajstić information content (AvgIpc) is 2.30. The molecule has 0 atom stereocenters. The standard InChI is InChI=1S/C13H17NOS/c1-2-3-9-14-13(16)10-12(15)11-7-5-4-6-8-11/h4-8H,2-3,9-10H2,1H3,(H,14,16). The van der Waals surface area contributed by atoms with E-state index in [9.17, 15) is 4.79 Å². The van der Waals surface area contributed by atoms with Gasteiger partial charge in [0.2, 0.25) is 0 Å². The molecule has 0 bridgehead atoms. The van der Waals surface area contributed by atoms with Crippen molar-refractivity contribution in [2.75, 3.05) is 6.54 Å². The molecule has 0 heterocycles. The Hall–Kier alpha value is -1.22. The molecule has 0 unspecified atom stereocenters. The van der Waals surface area contributed by atoms with E-state index in [0.717, 1.165) is 24.9 Å². The third kappa shape index (κ3) is 4.53. The van der Waals surface area contributed by atoms with Crippen LogP contribution in [0.15, 0.2) is 30.3 Å². The normalized spacial score (nSPS) is 9.81. The molecule has 0 spiro atoms. The summed E-state index contributed by atoms with van der Waals surface area (Å²) in [6, 6.07) is 9.25. The topological polar surface area (TPSA) is 29.1 Å². The molecule has 3 heteroatoms. The molecule has 0 saturated carbocycles. The third-order valence-electron chi connectivity index (χ3n) is 2.27. The van der Waals surface area contributed by atoms with Gasteiger partial charge in [0.25, 0.3) is 0 Å². The maximum atomic E-state index is 11.8. The molecule has 0 amide bonds. The van der Waals surface area contributed by atoms with Gasteiger partial charge in [0.15, 0.2) is 5.78 Å². The highest BCUT2D eigenvalue weighted by atomic mass is 32.1. The van der Waals surface area contributed by atoms with Gasteiger partial charge in [0.05, 0.1) is 11.4 Å². The van der Waals surface area contributed by atoms with E-state index in [2.05, 4.69) is 12.2 Å². The Morgan fingerprint density at radius 1 is 1.31 bits per heavy atom. The molecule has 1 aromatic carbocycles. The Labute approximate surface area is 102 Å². The molecule has 1 N–H and O–H groups in total.